The number of rotatable bonds is 5. The number of likely N-dealkylation sites (tertiary alicyclic amines) is 1. The first-order valence-electron chi connectivity index (χ1n) is 10.1. The highest BCUT2D eigenvalue weighted by molar-refractivity contribution is 5.89. The average Bonchev–Trinajstić information content (AvgIpc) is 3.33. The van der Waals surface area contributed by atoms with Crippen LogP contribution in [0.1, 0.15) is 50.2 Å². The van der Waals surface area contributed by atoms with Gasteiger partial charge in [0.05, 0.1) is 5.92 Å². The maximum Gasteiger partial charge on any atom is 0.225 e. The number of benzene rings is 1. The Morgan fingerprint density at radius 3 is 2.65 bits per heavy atom. The topological polar surface area (TPSA) is 49.4 Å². The van der Waals surface area contributed by atoms with Crippen molar-refractivity contribution >= 4 is 11.8 Å². The third-order valence-corrected chi connectivity index (χ3v) is 6.88. The molecule has 4 rings (SSSR count). The standard InChI is InChI=1S/C22H30N2O2/c1-14-3-5-16(6-4-14)12-24-13-19(11-21(24)25)22(26)23-15(2)20-10-17-7-8-18(20)9-17/h3-6,15,17-20H,7-13H2,1-2H3,(H,23,26). The molecule has 0 spiro atoms. The van der Waals surface area contributed by atoms with Crippen LogP contribution in [0.25, 0.3) is 0 Å². The second-order valence-corrected chi connectivity index (χ2v) is 8.80. The lowest BCUT2D eigenvalue weighted by Gasteiger charge is -2.29. The van der Waals surface area contributed by atoms with Crippen LogP contribution in [0.3, 0.4) is 0 Å². The number of nitrogens with zero attached hydrogens (tertiary/aromatic N) is 1. The van der Waals surface area contributed by atoms with Crippen molar-refractivity contribution in [1.82, 2.24) is 10.2 Å². The fourth-order valence-electron chi connectivity index (χ4n) is 5.37. The highest BCUT2D eigenvalue weighted by Crippen LogP contribution is 2.49. The lowest BCUT2D eigenvalue weighted by atomic mass is 9.84. The highest BCUT2D eigenvalue weighted by Gasteiger charge is 2.43. The average molecular weight is 354 g/mol. The molecule has 140 valence electrons. The molecule has 2 aliphatic carbocycles. The Hall–Kier alpha value is -1.84. The van der Waals surface area contributed by atoms with Gasteiger partial charge in [-0.2, -0.15) is 0 Å². The predicted molar refractivity (Wildman–Crippen MR) is 101 cm³/mol. The van der Waals surface area contributed by atoms with Crippen LogP contribution < -0.4 is 5.32 Å². The van der Waals surface area contributed by atoms with E-state index in [2.05, 4.69) is 43.4 Å². The van der Waals surface area contributed by atoms with E-state index in [-0.39, 0.29) is 23.8 Å². The van der Waals surface area contributed by atoms with Crippen molar-refractivity contribution in [3.8, 4) is 0 Å². The molecule has 1 aromatic carbocycles. The summed E-state index contributed by atoms with van der Waals surface area (Å²) in [5, 5.41) is 3.24. The van der Waals surface area contributed by atoms with Crippen LogP contribution in [-0.2, 0) is 16.1 Å². The number of hydrogen-bond donors (Lipinski definition) is 1. The largest absolute Gasteiger partial charge is 0.353 e. The molecule has 0 aromatic heterocycles. The maximum atomic E-state index is 12.7. The molecule has 2 bridgehead atoms. The van der Waals surface area contributed by atoms with Gasteiger partial charge in [-0.15, -0.1) is 0 Å². The fourth-order valence-corrected chi connectivity index (χ4v) is 5.37. The van der Waals surface area contributed by atoms with Crippen molar-refractivity contribution in [2.24, 2.45) is 23.7 Å². The van der Waals surface area contributed by atoms with E-state index in [0.29, 0.717) is 25.4 Å². The van der Waals surface area contributed by atoms with Crippen LogP contribution >= 0.6 is 0 Å². The molecular formula is C22H30N2O2. The molecule has 1 N–H and O–H groups in total. The van der Waals surface area contributed by atoms with Crippen molar-refractivity contribution in [3.63, 3.8) is 0 Å². The van der Waals surface area contributed by atoms with Gasteiger partial charge >= 0.3 is 0 Å². The minimum atomic E-state index is -0.200. The second-order valence-electron chi connectivity index (χ2n) is 8.80. The fraction of sp³-hybridized carbons (Fsp3) is 0.636. The van der Waals surface area contributed by atoms with Gasteiger partial charge in [-0.1, -0.05) is 36.2 Å². The summed E-state index contributed by atoms with van der Waals surface area (Å²) in [6.07, 6.45) is 5.70. The second kappa shape index (κ2) is 7.05. The Bertz CT molecular complexity index is 684. The van der Waals surface area contributed by atoms with Gasteiger partial charge in [0.15, 0.2) is 0 Å². The first kappa shape index (κ1) is 17.6. The van der Waals surface area contributed by atoms with Crippen LogP contribution in [0.2, 0.25) is 0 Å². The molecule has 4 nitrogen and oxygen atoms in total. The van der Waals surface area contributed by atoms with E-state index < -0.39 is 0 Å². The molecule has 4 heteroatoms. The van der Waals surface area contributed by atoms with E-state index in [0.717, 1.165) is 17.4 Å². The zero-order valence-corrected chi connectivity index (χ0v) is 15.9. The summed E-state index contributed by atoms with van der Waals surface area (Å²) in [7, 11) is 0. The van der Waals surface area contributed by atoms with Crippen molar-refractivity contribution in [2.75, 3.05) is 6.54 Å². The van der Waals surface area contributed by atoms with Gasteiger partial charge in [0.1, 0.15) is 0 Å². The smallest absolute Gasteiger partial charge is 0.225 e. The molecule has 3 aliphatic rings. The van der Waals surface area contributed by atoms with Gasteiger partial charge in [-0.3, -0.25) is 9.59 Å². The molecule has 1 saturated heterocycles. The van der Waals surface area contributed by atoms with Crippen molar-refractivity contribution in [1.29, 1.82) is 0 Å². The highest BCUT2D eigenvalue weighted by atomic mass is 16.2. The molecule has 2 saturated carbocycles. The van der Waals surface area contributed by atoms with E-state index in [4.69, 9.17) is 0 Å². The SMILES string of the molecule is Cc1ccc(CN2CC(C(=O)NC(C)C3CC4CCC3C4)CC2=O)cc1. The van der Waals surface area contributed by atoms with Gasteiger partial charge in [0.25, 0.3) is 0 Å². The monoisotopic (exact) mass is 354 g/mol. The Balaban J connectivity index is 1.31. The quantitative estimate of drug-likeness (QED) is 0.882. The minimum Gasteiger partial charge on any atom is -0.353 e. The Morgan fingerprint density at radius 1 is 1.23 bits per heavy atom. The van der Waals surface area contributed by atoms with Gasteiger partial charge < -0.3 is 10.2 Å². The summed E-state index contributed by atoms with van der Waals surface area (Å²) in [6.45, 7) is 5.36. The first-order valence-corrected chi connectivity index (χ1v) is 10.1. The van der Waals surface area contributed by atoms with Crippen molar-refractivity contribution in [3.05, 3.63) is 35.4 Å². The summed E-state index contributed by atoms with van der Waals surface area (Å²) in [5.41, 5.74) is 2.34. The van der Waals surface area contributed by atoms with Gasteiger partial charge in [-0.05, 0) is 56.4 Å². The summed E-state index contributed by atoms with van der Waals surface area (Å²) in [5.74, 6) is 2.30. The number of nitrogens with one attached hydrogen (secondary N) is 1. The maximum absolute atomic E-state index is 12.7. The first-order chi connectivity index (χ1) is 12.5. The predicted octanol–water partition coefficient (Wildman–Crippen LogP) is 3.28. The molecule has 5 unspecified atom stereocenters. The lowest BCUT2D eigenvalue weighted by molar-refractivity contribution is -0.129. The van der Waals surface area contributed by atoms with E-state index >= 15 is 0 Å². The number of fused-ring (bicyclic) bond motifs is 2. The summed E-state index contributed by atoms with van der Waals surface area (Å²) >= 11 is 0. The summed E-state index contributed by atoms with van der Waals surface area (Å²) in [6, 6.07) is 8.49. The van der Waals surface area contributed by atoms with Gasteiger partial charge in [-0.25, -0.2) is 0 Å². The number of hydrogen-bond acceptors (Lipinski definition) is 2. The molecular weight excluding hydrogens is 324 g/mol. The normalized spacial score (nSPS) is 31.5. The zero-order valence-electron chi connectivity index (χ0n) is 15.9. The van der Waals surface area contributed by atoms with Crippen LogP contribution in [0, 0.1) is 30.6 Å². The Labute approximate surface area is 156 Å². The molecule has 3 fully saturated rings. The van der Waals surface area contributed by atoms with E-state index in [9.17, 15) is 9.59 Å². The van der Waals surface area contributed by atoms with Crippen molar-refractivity contribution < 1.29 is 9.59 Å². The molecule has 0 radical (unpaired) electrons. The molecule has 1 aliphatic heterocycles. The molecule has 1 heterocycles. The van der Waals surface area contributed by atoms with Crippen LogP contribution in [0.4, 0.5) is 0 Å². The molecule has 5 atom stereocenters. The number of carbonyl (C=O) groups excluding carboxylic acids is 2. The number of aryl methyl sites for hydroxylation is 1. The molecule has 2 amide bonds. The van der Waals surface area contributed by atoms with Crippen LogP contribution in [-0.4, -0.2) is 29.3 Å². The van der Waals surface area contributed by atoms with Gasteiger partial charge in [0, 0.05) is 25.6 Å². The molecule has 1 aromatic rings. The van der Waals surface area contributed by atoms with E-state index in [1.807, 2.05) is 4.90 Å². The van der Waals surface area contributed by atoms with E-state index in [1.165, 1.54) is 31.2 Å². The van der Waals surface area contributed by atoms with Gasteiger partial charge in [0.2, 0.25) is 11.8 Å². The lowest BCUT2D eigenvalue weighted by Crippen LogP contribution is -2.43. The van der Waals surface area contributed by atoms with Crippen LogP contribution in [0.5, 0.6) is 0 Å². The Morgan fingerprint density at radius 2 is 2.00 bits per heavy atom. The summed E-state index contributed by atoms with van der Waals surface area (Å²) in [4.78, 5) is 26.9. The summed E-state index contributed by atoms with van der Waals surface area (Å²) < 4.78 is 0. The minimum absolute atomic E-state index is 0.0695. The third-order valence-electron chi connectivity index (χ3n) is 6.88. The van der Waals surface area contributed by atoms with Crippen LogP contribution in [0.15, 0.2) is 24.3 Å². The van der Waals surface area contributed by atoms with Crippen molar-refractivity contribution in [2.45, 2.75) is 58.5 Å². The van der Waals surface area contributed by atoms with E-state index in [1.54, 1.807) is 0 Å². The number of amides is 2. The third kappa shape index (κ3) is 3.51. The zero-order chi connectivity index (χ0) is 18.3. The Kier molecular flexibility index (Phi) is 4.76. The molecule has 26 heavy (non-hydrogen) atoms. The number of carbonyl (C=O) groups is 2.